The van der Waals surface area contributed by atoms with Gasteiger partial charge in [-0.2, -0.15) is 18.3 Å². The molecule has 2 rings (SSSR count). The lowest BCUT2D eigenvalue weighted by atomic mass is 9.80. The number of nitrogens with one attached hydrogen (secondary N) is 1. The molecule has 0 aliphatic carbocycles. The fraction of sp³-hybridized carbons (Fsp3) is 0.600. The smallest absolute Gasteiger partial charge is 0.315 e. The lowest BCUT2D eigenvalue weighted by Crippen LogP contribution is -2.47. The van der Waals surface area contributed by atoms with Gasteiger partial charge in [0, 0.05) is 19.8 Å². The van der Waals surface area contributed by atoms with Crippen LogP contribution in [0.1, 0.15) is 16.9 Å². The van der Waals surface area contributed by atoms with Crippen molar-refractivity contribution >= 4 is 5.78 Å². The molecule has 1 saturated heterocycles. The van der Waals surface area contributed by atoms with Gasteiger partial charge < -0.3 is 5.32 Å². The number of hydrogen-bond acceptors (Lipinski definition) is 3. The Labute approximate surface area is 95.8 Å². The minimum Gasteiger partial charge on any atom is -0.315 e. The average molecular weight is 247 g/mol. The normalized spacial score (nSPS) is 25.2. The van der Waals surface area contributed by atoms with Crippen LogP contribution in [-0.2, 0) is 7.05 Å². The van der Waals surface area contributed by atoms with Crippen LogP contribution in [0.2, 0.25) is 0 Å². The summed E-state index contributed by atoms with van der Waals surface area (Å²) in [7, 11) is 1.46. The summed E-state index contributed by atoms with van der Waals surface area (Å²) in [6.07, 6.45) is -3.45. The van der Waals surface area contributed by atoms with Crippen LogP contribution in [0.15, 0.2) is 12.3 Å². The quantitative estimate of drug-likeness (QED) is 0.797. The van der Waals surface area contributed by atoms with Crippen molar-refractivity contribution in [3.63, 3.8) is 0 Å². The maximum atomic E-state index is 13.1. The van der Waals surface area contributed by atoms with E-state index in [1.165, 1.54) is 24.0 Å². The molecule has 7 heteroatoms. The Morgan fingerprint density at radius 1 is 1.59 bits per heavy atom. The van der Waals surface area contributed by atoms with Gasteiger partial charge in [0.05, 0.1) is 0 Å². The largest absolute Gasteiger partial charge is 0.403 e. The lowest BCUT2D eigenvalue weighted by Gasteiger charge is -2.29. The first-order valence-corrected chi connectivity index (χ1v) is 5.19. The molecule has 1 N–H and O–H groups in total. The van der Waals surface area contributed by atoms with Crippen molar-refractivity contribution in [1.29, 1.82) is 0 Å². The Morgan fingerprint density at radius 3 is 2.71 bits per heavy atom. The van der Waals surface area contributed by atoms with Crippen molar-refractivity contribution in [1.82, 2.24) is 15.1 Å². The van der Waals surface area contributed by atoms with Gasteiger partial charge in [-0.1, -0.05) is 0 Å². The van der Waals surface area contributed by atoms with Crippen LogP contribution in [0, 0.1) is 5.41 Å². The average Bonchev–Trinajstić information content (AvgIpc) is 2.83. The third-order valence-corrected chi connectivity index (χ3v) is 3.19. The fourth-order valence-corrected chi connectivity index (χ4v) is 2.10. The zero-order valence-corrected chi connectivity index (χ0v) is 9.21. The zero-order chi connectivity index (χ0) is 12.7. The van der Waals surface area contributed by atoms with Gasteiger partial charge in [-0.25, -0.2) is 0 Å². The van der Waals surface area contributed by atoms with E-state index in [9.17, 15) is 18.0 Å². The summed E-state index contributed by atoms with van der Waals surface area (Å²) in [4.78, 5) is 12.1. The van der Waals surface area contributed by atoms with Crippen LogP contribution >= 0.6 is 0 Å². The molecule has 0 amide bonds. The highest BCUT2D eigenvalue weighted by Crippen LogP contribution is 2.45. The van der Waals surface area contributed by atoms with Gasteiger partial charge in [-0.05, 0) is 19.0 Å². The molecule has 0 bridgehead atoms. The third kappa shape index (κ3) is 1.74. The van der Waals surface area contributed by atoms with E-state index in [1.54, 1.807) is 0 Å². The van der Waals surface area contributed by atoms with Gasteiger partial charge in [0.2, 0.25) is 0 Å². The number of aromatic nitrogens is 2. The highest BCUT2D eigenvalue weighted by molar-refractivity contribution is 6.00. The summed E-state index contributed by atoms with van der Waals surface area (Å²) < 4.78 is 40.5. The summed E-state index contributed by atoms with van der Waals surface area (Å²) in [5.41, 5.74) is -2.31. The molecule has 1 aromatic rings. The number of hydrogen-bond donors (Lipinski definition) is 1. The van der Waals surface area contributed by atoms with E-state index in [0.29, 0.717) is 0 Å². The van der Waals surface area contributed by atoms with Gasteiger partial charge in [-0.3, -0.25) is 9.48 Å². The van der Waals surface area contributed by atoms with Crippen molar-refractivity contribution in [2.45, 2.75) is 12.6 Å². The number of carbonyl (C=O) groups is 1. The molecule has 94 valence electrons. The van der Waals surface area contributed by atoms with Crippen LogP contribution in [0.3, 0.4) is 0 Å². The van der Waals surface area contributed by atoms with E-state index in [1.807, 2.05) is 0 Å². The number of aryl methyl sites for hydroxylation is 1. The van der Waals surface area contributed by atoms with Crippen LogP contribution in [0.25, 0.3) is 0 Å². The summed E-state index contributed by atoms with van der Waals surface area (Å²) in [6.45, 7) is -0.163. The highest BCUT2D eigenvalue weighted by Gasteiger charge is 2.61. The van der Waals surface area contributed by atoms with Crippen molar-refractivity contribution in [2.24, 2.45) is 12.5 Å². The Bertz CT molecular complexity index is 432. The first kappa shape index (κ1) is 12.1. The Hall–Kier alpha value is -1.37. The standard InChI is InChI=1S/C10H12F3N3O/c1-16-7(2-4-15-16)8(17)9(10(11,12)13)3-5-14-6-9/h2,4,14H,3,5-6H2,1H3. The van der Waals surface area contributed by atoms with E-state index < -0.39 is 17.4 Å². The van der Waals surface area contributed by atoms with Gasteiger partial charge in [0.25, 0.3) is 0 Å². The molecule has 4 nitrogen and oxygen atoms in total. The predicted molar refractivity (Wildman–Crippen MR) is 53.5 cm³/mol. The Morgan fingerprint density at radius 2 is 2.29 bits per heavy atom. The topological polar surface area (TPSA) is 46.9 Å². The molecule has 17 heavy (non-hydrogen) atoms. The van der Waals surface area contributed by atoms with Crippen molar-refractivity contribution in [3.8, 4) is 0 Å². The van der Waals surface area contributed by atoms with Gasteiger partial charge in [0.15, 0.2) is 5.78 Å². The van der Waals surface area contributed by atoms with Gasteiger partial charge in [-0.15, -0.1) is 0 Å². The minimum absolute atomic E-state index is 0.00831. The number of ketones is 1. The van der Waals surface area contributed by atoms with Crippen LogP contribution in [0.5, 0.6) is 0 Å². The van der Waals surface area contributed by atoms with E-state index in [4.69, 9.17) is 0 Å². The second kappa shape index (κ2) is 3.83. The summed E-state index contributed by atoms with van der Waals surface area (Å²) >= 11 is 0. The van der Waals surface area contributed by atoms with Gasteiger partial charge in [0.1, 0.15) is 11.1 Å². The molecule has 1 unspecified atom stereocenters. The van der Waals surface area contributed by atoms with Crippen LogP contribution < -0.4 is 5.32 Å². The first-order valence-electron chi connectivity index (χ1n) is 5.19. The molecule has 1 fully saturated rings. The monoisotopic (exact) mass is 247 g/mol. The number of Topliss-reactive ketones (excluding diaryl/α,β-unsaturated/α-hetero) is 1. The van der Waals surface area contributed by atoms with E-state index in [-0.39, 0.29) is 25.2 Å². The Balaban J connectivity index is 2.42. The van der Waals surface area contributed by atoms with Gasteiger partial charge >= 0.3 is 6.18 Å². The fourth-order valence-electron chi connectivity index (χ4n) is 2.10. The van der Waals surface area contributed by atoms with Crippen molar-refractivity contribution in [2.75, 3.05) is 13.1 Å². The number of nitrogens with zero attached hydrogens (tertiary/aromatic N) is 2. The zero-order valence-electron chi connectivity index (χ0n) is 9.21. The molecule has 0 saturated carbocycles. The van der Waals surface area contributed by atoms with Crippen LogP contribution in [0.4, 0.5) is 13.2 Å². The molecule has 0 spiro atoms. The molecular weight excluding hydrogens is 235 g/mol. The maximum absolute atomic E-state index is 13.1. The molecule has 0 radical (unpaired) electrons. The Kier molecular flexibility index (Phi) is 2.73. The summed E-state index contributed by atoms with van der Waals surface area (Å²) in [5, 5.41) is 6.34. The first-order chi connectivity index (χ1) is 7.88. The summed E-state index contributed by atoms with van der Waals surface area (Å²) in [5.74, 6) is -0.907. The van der Waals surface area contributed by atoms with Crippen molar-refractivity contribution in [3.05, 3.63) is 18.0 Å². The lowest BCUT2D eigenvalue weighted by molar-refractivity contribution is -0.197. The van der Waals surface area contributed by atoms with E-state index in [2.05, 4.69) is 10.4 Å². The molecule has 0 aromatic carbocycles. The highest BCUT2D eigenvalue weighted by atomic mass is 19.4. The van der Waals surface area contributed by atoms with Crippen molar-refractivity contribution < 1.29 is 18.0 Å². The van der Waals surface area contributed by atoms with Crippen LogP contribution in [-0.4, -0.2) is 34.8 Å². The third-order valence-electron chi connectivity index (χ3n) is 3.19. The molecule has 1 atom stereocenters. The number of carbonyl (C=O) groups excluding carboxylic acids is 1. The SMILES string of the molecule is Cn1nccc1C(=O)C1(C(F)(F)F)CCNC1. The molecule has 1 aromatic heterocycles. The van der Waals surface area contributed by atoms with E-state index in [0.717, 1.165) is 0 Å². The molecule has 1 aliphatic heterocycles. The second-order valence-corrected chi connectivity index (χ2v) is 4.18. The number of alkyl halides is 3. The number of halogens is 3. The predicted octanol–water partition coefficient (Wildman–Crippen LogP) is 1.14. The summed E-state index contributed by atoms with van der Waals surface area (Å²) in [6, 6.07) is 1.31. The van der Waals surface area contributed by atoms with E-state index >= 15 is 0 Å². The molecule has 2 heterocycles. The maximum Gasteiger partial charge on any atom is 0.403 e. The molecular formula is C10H12F3N3O. The number of rotatable bonds is 2. The second-order valence-electron chi connectivity index (χ2n) is 4.18. The molecule has 1 aliphatic rings. The minimum atomic E-state index is -4.54.